The van der Waals surface area contributed by atoms with Gasteiger partial charge in [0.2, 0.25) is 0 Å². The van der Waals surface area contributed by atoms with Gasteiger partial charge in [0.15, 0.2) is 0 Å². The number of hydrogen-bond donors (Lipinski definition) is 1. The number of benzene rings is 2. The van der Waals surface area contributed by atoms with E-state index in [-0.39, 0.29) is 15.8 Å². The standard InChI is InChI=1S/C21H14ClF3N2O3S/c1-10-9-15-18(31-10)17(11-5-7-12(8-6-11)20(29)30)26-27(15)19(28)16-13(21(23,24)25)3-2-4-14(16)22/h2-8,10H,9H2,1H3,(H,29,30). The number of carboxylic acids is 1. The summed E-state index contributed by atoms with van der Waals surface area (Å²) in [7, 11) is 0. The van der Waals surface area contributed by atoms with Crippen LogP contribution in [0.3, 0.4) is 0 Å². The van der Waals surface area contributed by atoms with Crippen LogP contribution < -0.4 is 0 Å². The van der Waals surface area contributed by atoms with Crippen LogP contribution >= 0.6 is 23.4 Å². The molecule has 0 bridgehead atoms. The minimum absolute atomic E-state index is 0.0859. The number of aromatic carboxylic acids is 1. The van der Waals surface area contributed by atoms with E-state index in [1.54, 1.807) is 12.1 Å². The van der Waals surface area contributed by atoms with Gasteiger partial charge in [0.1, 0.15) is 5.69 Å². The van der Waals surface area contributed by atoms with E-state index in [1.165, 1.54) is 30.0 Å². The second-order valence-electron chi connectivity index (χ2n) is 7.02. The maximum absolute atomic E-state index is 13.5. The molecular formula is C21H14ClF3N2O3S. The molecule has 1 atom stereocenters. The Bertz CT molecular complexity index is 1210. The molecule has 2 heterocycles. The van der Waals surface area contributed by atoms with Gasteiger partial charge in [0, 0.05) is 17.2 Å². The smallest absolute Gasteiger partial charge is 0.417 e. The molecular weight excluding hydrogens is 453 g/mol. The number of nitrogens with zero attached hydrogens (tertiary/aromatic N) is 2. The lowest BCUT2D eigenvalue weighted by atomic mass is 10.1. The Balaban J connectivity index is 1.86. The number of aromatic nitrogens is 2. The molecule has 31 heavy (non-hydrogen) atoms. The number of halogens is 4. The number of fused-ring (bicyclic) bond motifs is 1. The normalized spacial score (nSPS) is 15.7. The molecule has 0 spiro atoms. The second kappa shape index (κ2) is 7.72. The van der Waals surface area contributed by atoms with E-state index in [0.717, 1.165) is 16.8 Å². The number of hydrogen-bond acceptors (Lipinski definition) is 4. The summed E-state index contributed by atoms with van der Waals surface area (Å²) in [6, 6.07) is 9.11. The van der Waals surface area contributed by atoms with Crippen molar-refractivity contribution in [2.45, 2.75) is 29.7 Å². The van der Waals surface area contributed by atoms with E-state index < -0.39 is 29.2 Å². The Kier molecular flexibility index (Phi) is 5.35. The highest BCUT2D eigenvalue weighted by molar-refractivity contribution is 8.00. The summed E-state index contributed by atoms with van der Waals surface area (Å²) < 4.78 is 41.6. The number of rotatable bonds is 3. The van der Waals surface area contributed by atoms with Crippen LogP contribution in [0.1, 0.15) is 38.9 Å². The number of alkyl halides is 3. The average Bonchev–Trinajstić information content (AvgIpc) is 3.24. The predicted molar refractivity (Wildman–Crippen MR) is 110 cm³/mol. The van der Waals surface area contributed by atoms with Gasteiger partial charge in [0.25, 0.3) is 5.91 Å². The summed E-state index contributed by atoms with van der Waals surface area (Å²) in [5.74, 6) is -2.05. The minimum atomic E-state index is -4.76. The lowest BCUT2D eigenvalue weighted by molar-refractivity contribution is -0.137. The Hall–Kier alpha value is -2.78. The zero-order valence-corrected chi connectivity index (χ0v) is 17.5. The molecule has 160 valence electrons. The maximum Gasteiger partial charge on any atom is 0.417 e. The predicted octanol–water partition coefficient (Wildman–Crippen LogP) is 5.65. The van der Waals surface area contributed by atoms with Crippen molar-refractivity contribution in [3.8, 4) is 11.3 Å². The summed E-state index contributed by atoms with van der Waals surface area (Å²) >= 11 is 7.47. The van der Waals surface area contributed by atoms with Crippen LogP contribution in [0.25, 0.3) is 11.3 Å². The van der Waals surface area contributed by atoms with E-state index in [2.05, 4.69) is 5.10 Å². The number of thioether (sulfide) groups is 1. The minimum Gasteiger partial charge on any atom is -0.478 e. The molecule has 0 saturated heterocycles. The first kappa shape index (κ1) is 21.5. The van der Waals surface area contributed by atoms with Crippen molar-refractivity contribution in [1.29, 1.82) is 0 Å². The highest BCUT2D eigenvalue weighted by Gasteiger charge is 2.38. The van der Waals surface area contributed by atoms with Gasteiger partial charge in [-0.15, -0.1) is 11.8 Å². The maximum atomic E-state index is 13.5. The van der Waals surface area contributed by atoms with Crippen LogP contribution in [0, 0.1) is 0 Å². The molecule has 1 aliphatic rings. The topological polar surface area (TPSA) is 72.2 Å². The highest BCUT2D eigenvalue weighted by atomic mass is 35.5. The number of carbonyl (C=O) groups excluding carboxylic acids is 1. The molecule has 4 rings (SSSR count). The molecule has 1 aromatic heterocycles. The fourth-order valence-electron chi connectivity index (χ4n) is 3.47. The SMILES string of the molecule is CC1Cc2c(c(-c3ccc(C(=O)O)cc3)nn2C(=O)c2c(Cl)cccc2C(F)(F)F)S1. The van der Waals surface area contributed by atoms with Crippen molar-refractivity contribution in [1.82, 2.24) is 9.78 Å². The van der Waals surface area contributed by atoms with Gasteiger partial charge in [-0.25, -0.2) is 4.79 Å². The molecule has 0 aliphatic carbocycles. The second-order valence-corrected chi connectivity index (χ2v) is 8.87. The zero-order chi connectivity index (χ0) is 22.5. The third kappa shape index (κ3) is 3.83. The Morgan fingerprint density at radius 2 is 1.87 bits per heavy atom. The zero-order valence-electron chi connectivity index (χ0n) is 15.9. The summed E-state index contributed by atoms with van der Waals surface area (Å²) in [5, 5.41) is 13.2. The van der Waals surface area contributed by atoms with Gasteiger partial charge in [-0.2, -0.15) is 23.0 Å². The Labute approximate surface area is 183 Å². The largest absolute Gasteiger partial charge is 0.478 e. The van der Waals surface area contributed by atoms with Crippen LogP contribution in [0.15, 0.2) is 47.4 Å². The molecule has 3 aromatic rings. The monoisotopic (exact) mass is 466 g/mol. The first-order valence-electron chi connectivity index (χ1n) is 9.10. The molecule has 1 unspecified atom stereocenters. The number of carboxylic acid groups (broad SMARTS) is 1. The van der Waals surface area contributed by atoms with Crippen molar-refractivity contribution >= 4 is 35.2 Å². The molecule has 0 amide bonds. The summed E-state index contributed by atoms with van der Waals surface area (Å²) in [6.07, 6.45) is -4.32. The Morgan fingerprint density at radius 3 is 2.48 bits per heavy atom. The first-order valence-corrected chi connectivity index (χ1v) is 10.4. The molecule has 1 N–H and O–H groups in total. The van der Waals surface area contributed by atoms with E-state index in [4.69, 9.17) is 16.7 Å². The van der Waals surface area contributed by atoms with Crippen molar-refractivity contribution in [3.05, 3.63) is 69.9 Å². The van der Waals surface area contributed by atoms with Crippen LogP contribution in [0.2, 0.25) is 5.02 Å². The first-order chi connectivity index (χ1) is 14.6. The van der Waals surface area contributed by atoms with Crippen LogP contribution in [-0.2, 0) is 12.6 Å². The van der Waals surface area contributed by atoms with Gasteiger partial charge in [-0.05, 0) is 24.3 Å². The van der Waals surface area contributed by atoms with Crippen LogP contribution in [0.4, 0.5) is 13.2 Å². The van der Waals surface area contributed by atoms with Gasteiger partial charge in [-0.1, -0.05) is 36.7 Å². The number of carbonyl (C=O) groups is 2. The van der Waals surface area contributed by atoms with Crippen molar-refractivity contribution in [2.24, 2.45) is 0 Å². The van der Waals surface area contributed by atoms with Crippen LogP contribution in [0.5, 0.6) is 0 Å². The van der Waals surface area contributed by atoms with Crippen LogP contribution in [-0.4, -0.2) is 32.0 Å². The van der Waals surface area contributed by atoms with E-state index in [1.807, 2.05) is 6.92 Å². The van der Waals surface area contributed by atoms with Crippen molar-refractivity contribution in [2.75, 3.05) is 0 Å². The van der Waals surface area contributed by atoms with E-state index in [9.17, 15) is 22.8 Å². The summed E-state index contributed by atoms with van der Waals surface area (Å²) in [6.45, 7) is 1.94. The van der Waals surface area contributed by atoms with Gasteiger partial charge in [0.05, 0.1) is 32.3 Å². The molecule has 2 aromatic carbocycles. The molecule has 10 heteroatoms. The van der Waals surface area contributed by atoms with Gasteiger partial charge < -0.3 is 5.11 Å². The lowest BCUT2D eigenvalue weighted by Gasteiger charge is -2.14. The third-order valence-corrected chi connectivity index (χ3v) is 6.41. The Morgan fingerprint density at radius 1 is 1.19 bits per heavy atom. The molecule has 0 radical (unpaired) electrons. The van der Waals surface area contributed by atoms with Crippen molar-refractivity contribution in [3.63, 3.8) is 0 Å². The van der Waals surface area contributed by atoms with Gasteiger partial charge >= 0.3 is 12.1 Å². The lowest BCUT2D eigenvalue weighted by Crippen LogP contribution is -2.22. The molecule has 0 fully saturated rings. The van der Waals surface area contributed by atoms with E-state index in [0.29, 0.717) is 28.3 Å². The fraction of sp³-hybridized carbons (Fsp3) is 0.190. The molecule has 5 nitrogen and oxygen atoms in total. The average molecular weight is 467 g/mol. The fourth-order valence-corrected chi connectivity index (χ4v) is 4.94. The summed E-state index contributed by atoms with van der Waals surface area (Å²) in [5.41, 5.74) is -0.213. The highest BCUT2D eigenvalue weighted by Crippen LogP contribution is 2.44. The molecule has 1 aliphatic heterocycles. The van der Waals surface area contributed by atoms with Gasteiger partial charge in [-0.3, -0.25) is 4.79 Å². The van der Waals surface area contributed by atoms with E-state index >= 15 is 0 Å². The third-order valence-electron chi connectivity index (χ3n) is 4.86. The van der Waals surface area contributed by atoms with Crippen molar-refractivity contribution < 1.29 is 27.9 Å². The molecule has 0 saturated carbocycles. The quantitative estimate of drug-likeness (QED) is 0.540. The summed E-state index contributed by atoms with van der Waals surface area (Å²) in [4.78, 5) is 25.0.